The first-order valence-electron chi connectivity index (χ1n) is 10.2. The zero-order valence-electron chi connectivity index (χ0n) is 17.6. The number of likely N-dealkylation sites (tertiary alicyclic amines) is 1. The van der Waals surface area contributed by atoms with Crippen LogP contribution in [0.15, 0.2) is 29.2 Å². The van der Waals surface area contributed by atoms with Crippen LogP contribution in [0.4, 0.5) is 4.79 Å². The van der Waals surface area contributed by atoms with Crippen molar-refractivity contribution in [3.63, 3.8) is 0 Å². The van der Waals surface area contributed by atoms with Crippen molar-refractivity contribution >= 4 is 11.9 Å². The molecule has 4 rings (SSSR count). The Labute approximate surface area is 171 Å². The Balaban J connectivity index is 1.65. The Morgan fingerprint density at radius 2 is 1.93 bits per heavy atom. The summed E-state index contributed by atoms with van der Waals surface area (Å²) >= 11 is 0. The molecule has 0 bridgehead atoms. The molecule has 29 heavy (non-hydrogen) atoms. The van der Waals surface area contributed by atoms with Crippen molar-refractivity contribution in [3.8, 4) is 0 Å². The van der Waals surface area contributed by atoms with E-state index in [1.807, 2.05) is 14.5 Å². The lowest BCUT2D eigenvalue weighted by Gasteiger charge is -2.46. The van der Waals surface area contributed by atoms with Crippen LogP contribution in [0.2, 0.25) is 0 Å². The Hall–Kier alpha value is -2.77. The molecule has 2 aliphatic heterocycles. The predicted molar refractivity (Wildman–Crippen MR) is 108 cm³/mol. The molecule has 2 aromatic rings. The number of carbonyl (C=O) groups is 2. The van der Waals surface area contributed by atoms with E-state index in [1.54, 1.807) is 25.1 Å². The van der Waals surface area contributed by atoms with E-state index in [0.717, 1.165) is 24.1 Å². The topological polar surface area (TPSA) is 74.8 Å². The van der Waals surface area contributed by atoms with Crippen LogP contribution >= 0.6 is 0 Å². The number of furan rings is 1. The highest BCUT2D eigenvalue weighted by atomic mass is 16.3. The van der Waals surface area contributed by atoms with Gasteiger partial charge in [0, 0.05) is 63.5 Å². The fourth-order valence-corrected chi connectivity index (χ4v) is 4.47. The lowest BCUT2D eigenvalue weighted by molar-refractivity contribution is 0.0583. The van der Waals surface area contributed by atoms with Crippen LogP contribution < -0.4 is 0 Å². The van der Waals surface area contributed by atoms with E-state index < -0.39 is 0 Å². The zero-order chi connectivity index (χ0) is 20.8. The molecule has 2 aromatic heterocycles. The van der Waals surface area contributed by atoms with Gasteiger partial charge in [-0.05, 0) is 32.8 Å². The molecule has 1 fully saturated rings. The van der Waals surface area contributed by atoms with Crippen molar-refractivity contribution in [1.29, 1.82) is 0 Å². The van der Waals surface area contributed by atoms with Crippen LogP contribution in [0.25, 0.3) is 0 Å². The number of hydrogen-bond acceptors (Lipinski definition) is 4. The van der Waals surface area contributed by atoms with Gasteiger partial charge >= 0.3 is 6.03 Å². The van der Waals surface area contributed by atoms with Gasteiger partial charge in [0.25, 0.3) is 5.91 Å². The summed E-state index contributed by atoms with van der Waals surface area (Å²) in [5.74, 6) is -0.0205. The molecule has 0 radical (unpaired) electrons. The van der Waals surface area contributed by atoms with E-state index in [2.05, 4.69) is 20.0 Å². The average molecular weight is 399 g/mol. The van der Waals surface area contributed by atoms with E-state index in [0.29, 0.717) is 31.7 Å². The molecule has 0 aromatic carbocycles. The summed E-state index contributed by atoms with van der Waals surface area (Å²) in [6.45, 7) is 6.71. The Morgan fingerprint density at radius 1 is 1.21 bits per heavy atom. The van der Waals surface area contributed by atoms with E-state index in [1.165, 1.54) is 12.5 Å². The van der Waals surface area contributed by atoms with Gasteiger partial charge in [0.2, 0.25) is 0 Å². The van der Waals surface area contributed by atoms with Crippen LogP contribution in [-0.2, 0) is 12.0 Å². The van der Waals surface area contributed by atoms with Crippen LogP contribution in [0, 0.1) is 0 Å². The quantitative estimate of drug-likeness (QED) is 0.778. The molecule has 4 heterocycles. The smallest absolute Gasteiger partial charge is 0.319 e. The third-order valence-corrected chi connectivity index (χ3v) is 6.12. The average Bonchev–Trinajstić information content (AvgIpc) is 3.37. The second-order valence-corrected chi connectivity index (χ2v) is 8.69. The maximum Gasteiger partial charge on any atom is 0.319 e. The minimum Gasteiger partial charge on any atom is -0.472 e. The number of carbonyl (C=O) groups excluding carboxylic acids is 2. The molecule has 2 aliphatic rings. The minimum absolute atomic E-state index is 0.0205. The van der Waals surface area contributed by atoms with Crippen molar-refractivity contribution in [1.82, 2.24) is 24.5 Å². The normalized spacial score (nSPS) is 18.2. The number of urea groups is 1. The van der Waals surface area contributed by atoms with Gasteiger partial charge in [-0.1, -0.05) is 0 Å². The van der Waals surface area contributed by atoms with E-state index in [4.69, 9.17) is 9.52 Å². The number of piperidine rings is 1. The molecule has 0 N–H and O–H groups in total. The summed E-state index contributed by atoms with van der Waals surface area (Å²) in [4.78, 5) is 30.9. The molecule has 1 saturated heterocycles. The third-order valence-electron chi connectivity index (χ3n) is 6.12. The Morgan fingerprint density at radius 3 is 2.52 bits per heavy atom. The van der Waals surface area contributed by atoms with Gasteiger partial charge in [-0.15, -0.1) is 0 Å². The number of fused-ring (bicyclic) bond motifs is 2. The summed E-state index contributed by atoms with van der Waals surface area (Å²) in [5.41, 5.74) is 2.55. The summed E-state index contributed by atoms with van der Waals surface area (Å²) < 4.78 is 7.11. The second-order valence-electron chi connectivity index (χ2n) is 8.69. The SMILES string of the molecule is CC(C)n1cc2c(n1)C1(CCN(C(=O)N(C)C)CC1)CN(C(=O)c1ccoc1)C2. The van der Waals surface area contributed by atoms with E-state index >= 15 is 0 Å². The highest BCUT2D eigenvalue weighted by molar-refractivity contribution is 5.94. The zero-order valence-corrected chi connectivity index (χ0v) is 17.6. The molecule has 156 valence electrons. The highest BCUT2D eigenvalue weighted by Gasteiger charge is 2.46. The summed E-state index contributed by atoms with van der Waals surface area (Å²) in [6, 6.07) is 2.00. The monoisotopic (exact) mass is 399 g/mol. The largest absolute Gasteiger partial charge is 0.472 e. The molecule has 8 heteroatoms. The van der Waals surface area contributed by atoms with E-state index in [9.17, 15) is 9.59 Å². The number of rotatable bonds is 2. The Kier molecular flexibility index (Phi) is 4.88. The number of aromatic nitrogens is 2. The number of amides is 3. The molecule has 0 atom stereocenters. The molecular weight excluding hydrogens is 370 g/mol. The first-order chi connectivity index (χ1) is 13.8. The molecule has 0 saturated carbocycles. The van der Waals surface area contributed by atoms with Crippen molar-refractivity contribution in [3.05, 3.63) is 41.6 Å². The number of nitrogens with zero attached hydrogens (tertiary/aromatic N) is 5. The van der Waals surface area contributed by atoms with Gasteiger partial charge in [0.05, 0.1) is 17.5 Å². The fraction of sp³-hybridized carbons (Fsp3) is 0.571. The second kappa shape index (κ2) is 7.24. The van der Waals surface area contributed by atoms with Crippen molar-refractivity contribution in [2.24, 2.45) is 0 Å². The Bertz CT molecular complexity index is 892. The molecule has 0 aliphatic carbocycles. The lowest BCUT2D eigenvalue weighted by atomic mass is 9.72. The first-order valence-corrected chi connectivity index (χ1v) is 10.2. The first kappa shape index (κ1) is 19.5. The molecular formula is C21H29N5O3. The summed E-state index contributed by atoms with van der Waals surface area (Å²) in [6.07, 6.45) is 6.70. The van der Waals surface area contributed by atoms with Crippen LogP contribution in [0.3, 0.4) is 0 Å². The highest BCUT2D eigenvalue weighted by Crippen LogP contribution is 2.42. The predicted octanol–water partition coefficient (Wildman–Crippen LogP) is 2.73. The molecule has 3 amide bonds. The fourth-order valence-electron chi connectivity index (χ4n) is 4.47. The van der Waals surface area contributed by atoms with Gasteiger partial charge in [0.1, 0.15) is 6.26 Å². The van der Waals surface area contributed by atoms with Gasteiger partial charge < -0.3 is 19.1 Å². The summed E-state index contributed by atoms with van der Waals surface area (Å²) in [7, 11) is 3.56. The maximum absolute atomic E-state index is 13.1. The van der Waals surface area contributed by atoms with Gasteiger partial charge in [0.15, 0.2) is 0 Å². The molecule has 8 nitrogen and oxygen atoms in total. The molecule has 1 spiro atoms. The van der Waals surface area contributed by atoms with Crippen molar-refractivity contribution < 1.29 is 14.0 Å². The van der Waals surface area contributed by atoms with Crippen molar-refractivity contribution in [2.45, 2.75) is 44.7 Å². The third kappa shape index (κ3) is 3.41. The van der Waals surface area contributed by atoms with Crippen LogP contribution in [0.5, 0.6) is 0 Å². The number of hydrogen-bond donors (Lipinski definition) is 0. The van der Waals surface area contributed by atoms with E-state index in [-0.39, 0.29) is 23.4 Å². The van der Waals surface area contributed by atoms with Crippen LogP contribution in [-0.4, -0.2) is 70.1 Å². The van der Waals surface area contributed by atoms with Gasteiger partial charge in [-0.2, -0.15) is 5.10 Å². The summed E-state index contributed by atoms with van der Waals surface area (Å²) in [5, 5.41) is 4.94. The standard InChI is InChI=1S/C21H29N5O3/c1-15(2)26-12-17-11-25(19(27)16-5-10-29-13-16)14-21(18(17)22-26)6-8-24(9-7-21)20(28)23(3)4/h5,10,12-13,15H,6-9,11,14H2,1-4H3. The van der Waals surface area contributed by atoms with Gasteiger partial charge in [-0.3, -0.25) is 9.48 Å². The molecule has 0 unspecified atom stereocenters. The van der Waals surface area contributed by atoms with Gasteiger partial charge in [-0.25, -0.2) is 4.79 Å². The maximum atomic E-state index is 13.1. The lowest BCUT2D eigenvalue weighted by Crippen LogP contribution is -2.55. The van der Waals surface area contributed by atoms with Crippen LogP contribution in [0.1, 0.15) is 54.3 Å². The van der Waals surface area contributed by atoms with Crippen molar-refractivity contribution in [2.75, 3.05) is 33.7 Å². The minimum atomic E-state index is -0.226.